The molecule has 1 heterocycles. The molecule has 0 spiro atoms. The largest absolute Gasteiger partial charge is 0.462 e. The highest BCUT2D eigenvalue weighted by atomic mass is 19.3. The molecule has 0 aliphatic heterocycles. The Morgan fingerprint density at radius 1 is 1.56 bits per heavy atom. The molecular formula is C10H12F2N2O2. The lowest BCUT2D eigenvalue weighted by atomic mass is 10.1. The molecule has 0 atom stereocenters. The van der Waals surface area contributed by atoms with Gasteiger partial charge in [0.25, 0.3) is 5.92 Å². The fourth-order valence-corrected chi connectivity index (χ4v) is 1.08. The molecule has 1 aromatic rings. The monoisotopic (exact) mass is 230 g/mol. The Balaban J connectivity index is 3.00. The first kappa shape index (κ1) is 12.5. The first-order chi connectivity index (χ1) is 7.51. The van der Waals surface area contributed by atoms with Crippen LogP contribution in [0, 0.1) is 0 Å². The van der Waals surface area contributed by atoms with Crippen LogP contribution in [0.2, 0.25) is 0 Å². The maximum atomic E-state index is 13.2. The van der Waals surface area contributed by atoms with Crippen molar-refractivity contribution in [1.82, 2.24) is 4.98 Å². The lowest BCUT2D eigenvalue weighted by molar-refractivity contribution is 0.00550. The van der Waals surface area contributed by atoms with Crippen LogP contribution in [0.15, 0.2) is 18.5 Å². The van der Waals surface area contributed by atoms with Gasteiger partial charge in [0.05, 0.1) is 18.7 Å². The third kappa shape index (κ3) is 2.73. The SMILES string of the molecule is CCOC(=O)c1cncc(C(F)(F)CN)c1. The maximum absolute atomic E-state index is 13.2. The number of nitrogens with two attached hydrogens (primary N) is 1. The molecule has 16 heavy (non-hydrogen) atoms. The van der Waals surface area contributed by atoms with Crippen molar-refractivity contribution in [2.45, 2.75) is 12.8 Å². The van der Waals surface area contributed by atoms with Gasteiger partial charge in [-0.2, -0.15) is 8.78 Å². The van der Waals surface area contributed by atoms with Gasteiger partial charge in [-0.25, -0.2) is 4.79 Å². The van der Waals surface area contributed by atoms with E-state index >= 15 is 0 Å². The quantitative estimate of drug-likeness (QED) is 0.792. The molecule has 0 amide bonds. The molecule has 88 valence electrons. The molecule has 1 rings (SSSR count). The summed E-state index contributed by atoms with van der Waals surface area (Å²) < 4.78 is 31.1. The van der Waals surface area contributed by atoms with Gasteiger partial charge in [0.2, 0.25) is 0 Å². The van der Waals surface area contributed by atoms with Crippen molar-refractivity contribution >= 4 is 5.97 Å². The molecule has 2 N–H and O–H groups in total. The molecule has 6 heteroatoms. The zero-order valence-corrected chi connectivity index (χ0v) is 8.74. The molecule has 0 unspecified atom stereocenters. The minimum absolute atomic E-state index is 0.00697. The summed E-state index contributed by atoms with van der Waals surface area (Å²) in [4.78, 5) is 14.8. The molecular weight excluding hydrogens is 218 g/mol. The summed E-state index contributed by atoms with van der Waals surface area (Å²) in [5.41, 5.74) is 4.53. The normalized spacial score (nSPS) is 11.2. The van der Waals surface area contributed by atoms with Gasteiger partial charge in [0.1, 0.15) is 0 Å². The third-order valence-electron chi connectivity index (χ3n) is 1.93. The van der Waals surface area contributed by atoms with Gasteiger partial charge in [-0.15, -0.1) is 0 Å². The van der Waals surface area contributed by atoms with Crippen LogP contribution in [-0.4, -0.2) is 24.1 Å². The molecule has 1 aromatic heterocycles. The second kappa shape index (κ2) is 4.98. The summed E-state index contributed by atoms with van der Waals surface area (Å²) >= 11 is 0. The van der Waals surface area contributed by atoms with Gasteiger partial charge in [-0.1, -0.05) is 0 Å². The summed E-state index contributed by atoms with van der Waals surface area (Å²) in [6.07, 6.45) is 2.16. The second-order valence-corrected chi connectivity index (χ2v) is 3.09. The number of carbonyl (C=O) groups is 1. The van der Waals surface area contributed by atoms with Crippen LogP contribution >= 0.6 is 0 Å². The van der Waals surface area contributed by atoms with Crippen LogP contribution in [0.3, 0.4) is 0 Å². The van der Waals surface area contributed by atoms with Crippen LogP contribution in [-0.2, 0) is 10.7 Å². The van der Waals surface area contributed by atoms with E-state index in [1.165, 1.54) is 6.20 Å². The highest BCUT2D eigenvalue weighted by Gasteiger charge is 2.30. The Kier molecular flexibility index (Phi) is 3.89. The summed E-state index contributed by atoms with van der Waals surface area (Å²) in [7, 11) is 0. The Morgan fingerprint density at radius 2 is 2.25 bits per heavy atom. The molecule has 0 saturated heterocycles. The smallest absolute Gasteiger partial charge is 0.339 e. The van der Waals surface area contributed by atoms with Crippen molar-refractivity contribution < 1.29 is 18.3 Å². The van der Waals surface area contributed by atoms with Gasteiger partial charge >= 0.3 is 5.97 Å². The average Bonchev–Trinajstić information content (AvgIpc) is 2.29. The molecule has 0 bridgehead atoms. The molecule has 4 nitrogen and oxygen atoms in total. The molecule has 0 aliphatic rings. The highest BCUT2D eigenvalue weighted by molar-refractivity contribution is 5.89. The van der Waals surface area contributed by atoms with Gasteiger partial charge in [-0.05, 0) is 13.0 Å². The lowest BCUT2D eigenvalue weighted by Crippen LogP contribution is -2.25. The molecule has 0 aromatic carbocycles. The summed E-state index contributed by atoms with van der Waals surface area (Å²) in [5.74, 6) is -3.86. The highest BCUT2D eigenvalue weighted by Crippen LogP contribution is 2.26. The topological polar surface area (TPSA) is 65.2 Å². The minimum Gasteiger partial charge on any atom is -0.462 e. The standard InChI is InChI=1S/C10H12F2N2O2/c1-2-16-9(15)7-3-8(5-14-4-7)10(11,12)6-13/h3-5H,2,6,13H2,1H3. The number of hydrogen-bond donors (Lipinski definition) is 1. The van der Waals surface area contributed by atoms with E-state index < -0.39 is 18.4 Å². The van der Waals surface area contributed by atoms with Gasteiger partial charge in [0.15, 0.2) is 0 Å². The van der Waals surface area contributed by atoms with E-state index in [0.29, 0.717) is 0 Å². The number of carbonyl (C=O) groups excluding carboxylic acids is 1. The van der Waals surface area contributed by atoms with Crippen molar-refractivity contribution in [3.63, 3.8) is 0 Å². The zero-order chi connectivity index (χ0) is 12.2. The van der Waals surface area contributed by atoms with Crippen LogP contribution in [0.5, 0.6) is 0 Å². The number of hydrogen-bond acceptors (Lipinski definition) is 4. The number of alkyl halides is 2. The Bertz CT molecular complexity index is 383. The van der Waals surface area contributed by atoms with E-state index in [1.54, 1.807) is 6.92 Å². The zero-order valence-electron chi connectivity index (χ0n) is 8.74. The van der Waals surface area contributed by atoms with E-state index in [9.17, 15) is 13.6 Å². The summed E-state index contributed by atoms with van der Waals surface area (Å²) in [5, 5.41) is 0. The molecule has 0 aliphatic carbocycles. The molecule has 0 saturated carbocycles. The van der Waals surface area contributed by atoms with E-state index in [2.05, 4.69) is 9.72 Å². The van der Waals surface area contributed by atoms with Crippen LogP contribution < -0.4 is 5.73 Å². The third-order valence-corrected chi connectivity index (χ3v) is 1.93. The van der Waals surface area contributed by atoms with Crippen LogP contribution in [0.4, 0.5) is 8.78 Å². The van der Waals surface area contributed by atoms with Crippen molar-refractivity contribution in [2.24, 2.45) is 5.73 Å². The minimum atomic E-state index is -3.19. The first-order valence-corrected chi connectivity index (χ1v) is 4.71. The first-order valence-electron chi connectivity index (χ1n) is 4.71. The van der Waals surface area contributed by atoms with Gasteiger partial charge in [-0.3, -0.25) is 4.98 Å². The number of pyridine rings is 1. The Morgan fingerprint density at radius 3 is 2.81 bits per heavy atom. The molecule has 0 radical (unpaired) electrons. The number of nitrogens with zero attached hydrogens (tertiary/aromatic N) is 1. The van der Waals surface area contributed by atoms with Gasteiger partial charge in [0, 0.05) is 18.0 Å². The summed E-state index contributed by atoms with van der Waals surface area (Å²) in [6, 6.07) is 1.04. The average molecular weight is 230 g/mol. The van der Waals surface area contributed by atoms with Crippen molar-refractivity contribution in [3.8, 4) is 0 Å². The maximum Gasteiger partial charge on any atom is 0.339 e. The number of rotatable bonds is 4. The van der Waals surface area contributed by atoms with E-state index in [4.69, 9.17) is 5.73 Å². The van der Waals surface area contributed by atoms with E-state index in [-0.39, 0.29) is 17.7 Å². The lowest BCUT2D eigenvalue weighted by Gasteiger charge is -2.14. The van der Waals surface area contributed by atoms with E-state index in [0.717, 1.165) is 12.3 Å². The predicted octanol–water partition coefficient (Wildman–Crippen LogP) is 1.31. The second-order valence-electron chi connectivity index (χ2n) is 3.09. The van der Waals surface area contributed by atoms with Crippen molar-refractivity contribution in [2.75, 3.05) is 13.2 Å². The number of ether oxygens (including phenoxy) is 1. The van der Waals surface area contributed by atoms with Crippen LogP contribution in [0.25, 0.3) is 0 Å². The van der Waals surface area contributed by atoms with Crippen LogP contribution in [0.1, 0.15) is 22.8 Å². The van der Waals surface area contributed by atoms with Crippen molar-refractivity contribution in [1.29, 1.82) is 0 Å². The van der Waals surface area contributed by atoms with E-state index in [1.807, 2.05) is 0 Å². The number of aromatic nitrogens is 1. The Hall–Kier alpha value is -1.56. The Labute approximate surface area is 91.4 Å². The van der Waals surface area contributed by atoms with Gasteiger partial charge < -0.3 is 10.5 Å². The fourth-order valence-electron chi connectivity index (χ4n) is 1.08. The summed E-state index contributed by atoms with van der Waals surface area (Å²) in [6.45, 7) is 0.973. The van der Waals surface area contributed by atoms with Crippen molar-refractivity contribution in [3.05, 3.63) is 29.6 Å². The number of halogens is 2. The molecule has 0 fully saturated rings. The number of esters is 1. The predicted molar refractivity (Wildman–Crippen MR) is 53.1 cm³/mol. The fraction of sp³-hybridized carbons (Fsp3) is 0.400.